The van der Waals surface area contributed by atoms with Crippen molar-refractivity contribution in [2.45, 2.75) is 6.04 Å². The normalized spacial score (nSPS) is 11.7. The molecule has 2 rings (SSSR count). The van der Waals surface area contributed by atoms with Crippen LogP contribution >= 0.6 is 0 Å². The molecule has 1 atom stereocenters. The summed E-state index contributed by atoms with van der Waals surface area (Å²) in [5.41, 5.74) is 5.59. The largest absolute Gasteiger partial charge is 0.368 e. The van der Waals surface area contributed by atoms with E-state index in [2.05, 4.69) is 10.4 Å². The number of carbonyl (C=O) groups is 2. The minimum absolute atomic E-state index is 0.0271. The number of nitrogens with one attached hydrogen (secondary N) is 1. The molecule has 7 heteroatoms. The summed E-state index contributed by atoms with van der Waals surface area (Å²) in [5, 5.41) is 6.32. The highest BCUT2D eigenvalue weighted by molar-refractivity contribution is 5.96. The first-order valence-corrected chi connectivity index (χ1v) is 6.18. The van der Waals surface area contributed by atoms with Gasteiger partial charge in [0.2, 0.25) is 5.91 Å². The van der Waals surface area contributed by atoms with Crippen LogP contribution in [0.1, 0.15) is 22.1 Å². The third-order valence-corrected chi connectivity index (χ3v) is 2.89. The second-order valence-electron chi connectivity index (χ2n) is 4.40. The van der Waals surface area contributed by atoms with Crippen LogP contribution in [0, 0.1) is 0 Å². The Bertz CT molecular complexity index is 724. The SMILES string of the molecule is Cn1nc(C(=O)N[C@@H](C(N)=O)c2ccccc2)ccc1=O. The Balaban J connectivity index is 2.25. The highest BCUT2D eigenvalue weighted by Crippen LogP contribution is 2.12. The Morgan fingerprint density at radius 3 is 2.43 bits per heavy atom. The van der Waals surface area contributed by atoms with Crippen molar-refractivity contribution < 1.29 is 9.59 Å². The van der Waals surface area contributed by atoms with Crippen LogP contribution in [-0.4, -0.2) is 21.6 Å². The van der Waals surface area contributed by atoms with Crippen molar-refractivity contribution in [3.05, 3.63) is 64.1 Å². The molecule has 1 aromatic carbocycles. The fourth-order valence-electron chi connectivity index (χ4n) is 1.79. The molecule has 0 aliphatic rings. The molecular formula is C14H14N4O3. The Morgan fingerprint density at radius 1 is 1.19 bits per heavy atom. The molecule has 2 aromatic rings. The minimum atomic E-state index is -0.960. The van der Waals surface area contributed by atoms with Gasteiger partial charge in [-0.2, -0.15) is 5.10 Å². The molecule has 0 spiro atoms. The number of nitrogens with zero attached hydrogens (tertiary/aromatic N) is 2. The highest BCUT2D eigenvalue weighted by atomic mass is 16.2. The van der Waals surface area contributed by atoms with Crippen LogP contribution in [-0.2, 0) is 11.8 Å². The van der Waals surface area contributed by atoms with Gasteiger partial charge >= 0.3 is 0 Å². The fourth-order valence-corrected chi connectivity index (χ4v) is 1.79. The molecule has 0 saturated carbocycles. The van der Waals surface area contributed by atoms with E-state index >= 15 is 0 Å². The van der Waals surface area contributed by atoms with E-state index in [1.807, 2.05) is 0 Å². The molecular weight excluding hydrogens is 272 g/mol. The van der Waals surface area contributed by atoms with Gasteiger partial charge < -0.3 is 11.1 Å². The molecule has 7 nitrogen and oxygen atoms in total. The fraction of sp³-hybridized carbons (Fsp3) is 0.143. The number of hydrogen-bond acceptors (Lipinski definition) is 4. The van der Waals surface area contributed by atoms with Crippen LogP contribution in [0.5, 0.6) is 0 Å². The third-order valence-electron chi connectivity index (χ3n) is 2.89. The number of rotatable bonds is 4. The molecule has 3 N–H and O–H groups in total. The van der Waals surface area contributed by atoms with E-state index in [-0.39, 0.29) is 11.3 Å². The van der Waals surface area contributed by atoms with Gasteiger partial charge in [-0.25, -0.2) is 4.68 Å². The summed E-state index contributed by atoms with van der Waals surface area (Å²) in [6.07, 6.45) is 0. The summed E-state index contributed by atoms with van der Waals surface area (Å²) in [7, 11) is 1.43. The number of amides is 2. The first kappa shape index (κ1) is 14.4. The molecule has 1 heterocycles. The molecule has 0 saturated heterocycles. The maximum absolute atomic E-state index is 12.1. The van der Waals surface area contributed by atoms with Crippen molar-refractivity contribution in [3.63, 3.8) is 0 Å². The van der Waals surface area contributed by atoms with Crippen molar-refractivity contribution >= 4 is 11.8 Å². The van der Waals surface area contributed by atoms with Crippen LogP contribution < -0.4 is 16.6 Å². The van der Waals surface area contributed by atoms with Crippen molar-refractivity contribution in [2.75, 3.05) is 0 Å². The molecule has 0 aliphatic carbocycles. The van der Waals surface area contributed by atoms with Gasteiger partial charge in [-0.3, -0.25) is 14.4 Å². The zero-order valence-corrected chi connectivity index (χ0v) is 11.3. The molecule has 0 fully saturated rings. The Labute approximate surface area is 120 Å². The molecule has 2 amide bonds. The van der Waals surface area contributed by atoms with Gasteiger partial charge in [-0.15, -0.1) is 0 Å². The van der Waals surface area contributed by atoms with Crippen LogP contribution in [0.4, 0.5) is 0 Å². The molecule has 0 aliphatic heterocycles. The first-order valence-electron chi connectivity index (χ1n) is 6.18. The number of hydrogen-bond donors (Lipinski definition) is 2. The van der Waals surface area contributed by atoms with Gasteiger partial charge in [0.15, 0.2) is 0 Å². The summed E-state index contributed by atoms with van der Waals surface area (Å²) in [6, 6.07) is 10.2. The maximum atomic E-state index is 12.1. The second-order valence-corrected chi connectivity index (χ2v) is 4.40. The lowest BCUT2D eigenvalue weighted by molar-refractivity contribution is -0.120. The van der Waals surface area contributed by atoms with Crippen LogP contribution in [0.15, 0.2) is 47.3 Å². The lowest BCUT2D eigenvalue weighted by atomic mass is 10.1. The number of aryl methyl sites for hydroxylation is 1. The quantitative estimate of drug-likeness (QED) is 0.807. The zero-order valence-electron chi connectivity index (χ0n) is 11.3. The van der Waals surface area contributed by atoms with E-state index in [1.165, 1.54) is 19.2 Å². The molecule has 21 heavy (non-hydrogen) atoms. The van der Waals surface area contributed by atoms with Crippen molar-refractivity contribution in [2.24, 2.45) is 12.8 Å². The van der Waals surface area contributed by atoms with Gasteiger partial charge in [0.05, 0.1) is 0 Å². The summed E-state index contributed by atoms with van der Waals surface area (Å²) in [5.74, 6) is -1.27. The number of benzene rings is 1. The monoisotopic (exact) mass is 286 g/mol. The lowest BCUT2D eigenvalue weighted by Crippen LogP contribution is -2.38. The van der Waals surface area contributed by atoms with E-state index in [9.17, 15) is 14.4 Å². The highest BCUT2D eigenvalue weighted by Gasteiger charge is 2.21. The van der Waals surface area contributed by atoms with Gasteiger partial charge in [-0.1, -0.05) is 30.3 Å². The van der Waals surface area contributed by atoms with Gasteiger partial charge in [-0.05, 0) is 11.6 Å². The van der Waals surface area contributed by atoms with Gasteiger partial charge in [0, 0.05) is 13.1 Å². The predicted octanol–water partition coefficient (Wildman–Crippen LogP) is -0.263. The number of carbonyl (C=O) groups excluding carboxylic acids is 2. The molecule has 0 radical (unpaired) electrons. The topological polar surface area (TPSA) is 107 Å². The van der Waals surface area contributed by atoms with Crippen molar-refractivity contribution in [1.82, 2.24) is 15.1 Å². The van der Waals surface area contributed by atoms with Gasteiger partial charge in [0.1, 0.15) is 11.7 Å². The Hall–Kier alpha value is -2.96. The predicted molar refractivity (Wildman–Crippen MR) is 75.3 cm³/mol. The van der Waals surface area contributed by atoms with E-state index in [1.54, 1.807) is 30.3 Å². The average Bonchev–Trinajstić information content (AvgIpc) is 2.48. The van der Waals surface area contributed by atoms with Crippen LogP contribution in [0.25, 0.3) is 0 Å². The molecule has 1 aromatic heterocycles. The van der Waals surface area contributed by atoms with Crippen molar-refractivity contribution in [1.29, 1.82) is 0 Å². The summed E-state index contributed by atoms with van der Waals surface area (Å²) >= 11 is 0. The van der Waals surface area contributed by atoms with E-state index in [4.69, 9.17) is 5.73 Å². The number of primary amides is 1. The third kappa shape index (κ3) is 3.33. The Kier molecular flexibility index (Phi) is 4.13. The average molecular weight is 286 g/mol. The van der Waals surface area contributed by atoms with E-state index < -0.39 is 17.9 Å². The lowest BCUT2D eigenvalue weighted by Gasteiger charge is -2.15. The standard InChI is InChI=1S/C14H14N4O3/c1-18-11(19)8-7-10(17-18)14(21)16-12(13(15)20)9-5-3-2-4-6-9/h2-8,12H,1H3,(H2,15,20)(H,16,21)/t12-/m1/s1. The summed E-state index contributed by atoms with van der Waals surface area (Å²) < 4.78 is 1.04. The molecule has 0 bridgehead atoms. The second kappa shape index (κ2) is 6.00. The van der Waals surface area contributed by atoms with E-state index in [0.29, 0.717) is 5.56 Å². The number of aromatic nitrogens is 2. The minimum Gasteiger partial charge on any atom is -0.368 e. The van der Waals surface area contributed by atoms with Crippen LogP contribution in [0.3, 0.4) is 0 Å². The van der Waals surface area contributed by atoms with Crippen LogP contribution in [0.2, 0.25) is 0 Å². The number of nitrogens with two attached hydrogens (primary N) is 1. The maximum Gasteiger partial charge on any atom is 0.272 e. The molecule has 108 valence electrons. The first-order chi connectivity index (χ1) is 9.99. The molecule has 0 unspecified atom stereocenters. The van der Waals surface area contributed by atoms with Crippen molar-refractivity contribution in [3.8, 4) is 0 Å². The summed E-state index contributed by atoms with van der Waals surface area (Å²) in [4.78, 5) is 34.9. The summed E-state index contributed by atoms with van der Waals surface area (Å²) in [6.45, 7) is 0. The van der Waals surface area contributed by atoms with Gasteiger partial charge in [0.25, 0.3) is 11.5 Å². The smallest absolute Gasteiger partial charge is 0.272 e. The zero-order chi connectivity index (χ0) is 15.4. The Morgan fingerprint density at radius 2 is 1.86 bits per heavy atom. The van der Waals surface area contributed by atoms with E-state index in [0.717, 1.165) is 4.68 Å².